The predicted octanol–water partition coefficient (Wildman–Crippen LogP) is 0.759. The van der Waals surface area contributed by atoms with Crippen LogP contribution in [0.1, 0.15) is 18.6 Å². The summed E-state index contributed by atoms with van der Waals surface area (Å²) in [5, 5.41) is 12.6. The molecular weight excluding hydrogens is 278 g/mol. The quantitative estimate of drug-likeness (QED) is 0.659. The lowest BCUT2D eigenvalue weighted by molar-refractivity contribution is -0.00181. The predicted molar refractivity (Wildman–Crippen MR) is 79.4 cm³/mol. The third-order valence-electron chi connectivity index (χ3n) is 2.84. The van der Waals surface area contributed by atoms with E-state index in [4.69, 9.17) is 4.74 Å². The number of sulfone groups is 1. The first kappa shape index (κ1) is 17.1. The third-order valence-corrected chi connectivity index (χ3v) is 3.78. The van der Waals surface area contributed by atoms with Crippen molar-refractivity contribution in [2.24, 2.45) is 0 Å². The number of aliphatic hydroxyl groups excluding tert-OH is 1. The summed E-state index contributed by atoms with van der Waals surface area (Å²) in [7, 11) is -2.96. The molecule has 0 spiro atoms. The Morgan fingerprint density at radius 2 is 1.95 bits per heavy atom. The Hall–Kier alpha value is -0.950. The van der Waals surface area contributed by atoms with Gasteiger partial charge in [-0.1, -0.05) is 30.3 Å². The van der Waals surface area contributed by atoms with E-state index in [1.165, 1.54) is 6.26 Å². The molecule has 1 aromatic carbocycles. The minimum absolute atomic E-state index is 0.0704. The molecule has 2 atom stereocenters. The average molecular weight is 301 g/mol. The number of hydrogen-bond donors (Lipinski definition) is 2. The number of rotatable bonds is 9. The van der Waals surface area contributed by atoms with Crippen molar-refractivity contribution in [3.8, 4) is 0 Å². The Labute approximate surface area is 120 Å². The summed E-state index contributed by atoms with van der Waals surface area (Å²) in [6.45, 7) is 2.79. The lowest BCUT2D eigenvalue weighted by atomic mass is 10.1. The molecular formula is C14H23NO4S. The maximum absolute atomic E-state index is 10.9. The van der Waals surface area contributed by atoms with Crippen LogP contribution in [0, 0.1) is 0 Å². The van der Waals surface area contributed by atoms with E-state index in [9.17, 15) is 13.5 Å². The maximum Gasteiger partial charge on any atom is 0.148 e. The molecule has 2 unspecified atom stereocenters. The number of nitrogens with one attached hydrogen (secondary N) is 1. The van der Waals surface area contributed by atoms with Crippen LogP contribution in [0.15, 0.2) is 30.3 Å². The first-order valence-electron chi connectivity index (χ1n) is 6.61. The molecule has 0 radical (unpaired) electrons. The van der Waals surface area contributed by atoms with E-state index in [0.717, 1.165) is 5.56 Å². The summed E-state index contributed by atoms with van der Waals surface area (Å²) < 4.78 is 27.4. The van der Waals surface area contributed by atoms with Crippen molar-refractivity contribution in [3.63, 3.8) is 0 Å². The van der Waals surface area contributed by atoms with Crippen molar-refractivity contribution < 1.29 is 18.3 Å². The first-order chi connectivity index (χ1) is 9.38. The summed E-state index contributed by atoms with van der Waals surface area (Å²) in [6, 6.07) is 9.77. The highest BCUT2D eigenvalue weighted by Crippen LogP contribution is 2.15. The Kier molecular flexibility index (Phi) is 7.15. The Morgan fingerprint density at radius 3 is 2.55 bits per heavy atom. The second-order valence-electron chi connectivity index (χ2n) is 4.87. The summed E-state index contributed by atoms with van der Waals surface area (Å²) in [6.07, 6.45) is 0.457. The van der Waals surface area contributed by atoms with E-state index in [1.54, 1.807) is 0 Å². The lowest BCUT2D eigenvalue weighted by Crippen LogP contribution is -2.33. The van der Waals surface area contributed by atoms with E-state index in [0.29, 0.717) is 13.1 Å². The van der Waals surface area contributed by atoms with Crippen LogP contribution in [-0.4, -0.2) is 51.3 Å². The molecule has 0 saturated carbocycles. The van der Waals surface area contributed by atoms with Gasteiger partial charge in [0.1, 0.15) is 9.84 Å². The fourth-order valence-corrected chi connectivity index (χ4v) is 2.18. The molecule has 2 N–H and O–H groups in total. The molecule has 0 aliphatic carbocycles. The van der Waals surface area contributed by atoms with Crippen molar-refractivity contribution >= 4 is 9.84 Å². The summed E-state index contributed by atoms with van der Waals surface area (Å²) in [5.41, 5.74) is 1.06. The number of ether oxygens (including phenoxy) is 1. The molecule has 0 heterocycles. The van der Waals surface area contributed by atoms with Gasteiger partial charge in [0, 0.05) is 19.3 Å². The van der Waals surface area contributed by atoms with Gasteiger partial charge in [0.15, 0.2) is 0 Å². The van der Waals surface area contributed by atoms with Crippen LogP contribution >= 0.6 is 0 Å². The zero-order valence-corrected chi connectivity index (χ0v) is 12.8. The van der Waals surface area contributed by atoms with Crippen LogP contribution in [0.4, 0.5) is 0 Å². The molecule has 5 nitrogen and oxygen atoms in total. The van der Waals surface area contributed by atoms with Gasteiger partial charge in [-0.3, -0.25) is 0 Å². The van der Waals surface area contributed by atoms with Gasteiger partial charge in [-0.05, 0) is 12.5 Å². The standard InChI is InChI=1S/C14H23NO4S/c1-12(13-6-4-3-5-7-13)19-11-14(16)10-15-8-9-20(2,17)18/h3-7,12,14-16H,8-11H2,1-2H3. The van der Waals surface area contributed by atoms with Crippen LogP contribution in [0.5, 0.6) is 0 Å². The highest BCUT2D eigenvalue weighted by molar-refractivity contribution is 7.90. The minimum Gasteiger partial charge on any atom is -0.389 e. The monoisotopic (exact) mass is 301 g/mol. The average Bonchev–Trinajstić information content (AvgIpc) is 2.41. The van der Waals surface area contributed by atoms with Crippen molar-refractivity contribution in [2.75, 3.05) is 31.7 Å². The van der Waals surface area contributed by atoms with Crippen molar-refractivity contribution in [3.05, 3.63) is 35.9 Å². The summed E-state index contributed by atoms with van der Waals surface area (Å²) in [5.74, 6) is 0.0704. The van der Waals surface area contributed by atoms with Crippen LogP contribution in [-0.2, 0) is 14.6 Å². The SMILES string of the molecule is CC(OCC(O)CNCCS(C)(=O)=O)c1ccccc1. The van der Waals surface area contributed by atoms with Crippen molar-refractivity contribution in [1.29, 1.82) is 0 Å². The lowest BCUT2D eigenvalue weighted by Gasteiger charge is -2.17. The van der Waals surface area contributed by atoms with Gasteiger partial charge < -0.3 is 15.2 Å². The summed E-state index contributed by atoms with van der Waals surface area (Å²) >= 11 is 0. The second-order valence-corrected chi connectivity index (χ2v) is 7.13. The van der Waals surface area contributed by atoms with Crippen LogP contribution < -0.4 is 5.32 Å². The molecule has 0 amide bonds. The van der Waals surface area contributed by atoms with Gasteiger partial charge in [-0.25, -0.2) is 8.42 Å². The maximum atomic E-state index is 10.9. The van der Waals surface area contributed by atoms with E-state index in [1.807, 2.05) is 37.3 Å². The molecule has 0 aliphatic heterocycles. The zero-order valence-electron chi connectivity index (χ0n) is 12.0. The molecule has 0 fully saturated rings. The van der Waals surface area contributed by atoms with Crippen molar-refractivity contribution in [2.45, 2.75) is 19.1 Å². The molecule has 6 heteroatoms. The first-order valence-corrected chi connectivity index (χ1v) is 8.67. The fourth-order valence-electron chi connectivity index (χ4n) is 1.66. The minimum atomic E-state index is -2.96. The molecule has 0 aliphatic rings. The topological polar surface area (TPSA) is 75.6 Å². The number of hydrogen-bond acceptors (Lipinski definition) is 5. The van der Waals surface area contributed by atoms with Crippen LogP contribution in [0.2, 0.25) is 0 Å². The largest absolute Gasteiger partial charge is 0.389 e. The Morgan fingerprint density at radius 1 is 1.30 bits per heavy atom. The number of aliphatic hydroxyl groups is 1. The van der Waals surface area contributed by atoms with E-state index in [-0.39, 0.29) is 18.5 Å². The molecule has 1 aromatic rings. The van der Waals surface area contributed by atoms with E-state index >= 15 is 0 Å². The van der Waals surface area contributed by atoms with Crippen LogP contribution in [0.25, 0.3) is 0 Å². The van der Waals surface area contributed by atoms with E-state index in [2.05, 4.69) is 5.32 Å². The van der Waals surface area contributed by atoms with Gasteiger partial charge in [-0.15, -0.1) is 0 Å². The smallest absolute Gasteiger partial charge is 0.148 e. The Bertz CT molecular complexity index is 475. The van der Waals surface area contributed by atoms with Gasteiger partial charge in [0.2, 0.25) is 0 Å². The molecule has 0 saturated heterocycles. The van der Waals surface area contributed by atoms with Gasteiger partial charge in [-0.2, -0.15) is 0 Å². The van der Waals surface area contributed by atoms with Crippen molar-refractivity contribution in [1.82, 2.24) is 5.32 Å². The van der Waals surface area contributed by atoms with Gasteiger partial charge >= 0.3 is 0 Å². The molecule has 20 heavy (non-hydrogen) atoms. The van der Waals surface area contributed by atoms with Gasteiger partial charge in [0.25, 0.3) is 0 Å². The Balaban J connectivity index is 2.18. The molecule has 114 valence electrons. The summed E-state index contributed by atoms with van der Waals surface area (Å²) in [4.78, 5) is 0. The number of benzene rings is 1. The molecule has 0 bridgehead atoms. The van der Waals surface area contributed by atoms with Gasteiger partial charge in [0.05, 0.1) is 24.6 Å². The highest BCUT2D eigenvalue weighted by atomic mass is 32.2. The molecule has 0 aromatic heterocycles. The highest BCUT2D eigenvalue weighted by Gasteiger charge is 2.10. The third kappa shape index (κ3) is 7.59. The van der Waals surface area contributed by atoms with Crippen LogP contribution in [0.3, 0.4) is 0 Å². The fraction of sp³-hybridized carbons (Fsp3) is 0.571. The normalized spacial score (nSPS) is 14.9. The van der Waals surface area contributed by atoms with E-state index < -0.39 is 15.9 Å². The second kappa shape index (κ2) is 8.36. The molecule has 1 rings (SSSR count). The zero-order chi connectivity index (χ0) is 15.0.